The highest BCUT2D eigenvalue weighted by Crippen LogP contribution is 2.04. The average Bonchev–Trinajstić information content (AvgIpc) is 2.31. The highest BCUT2D eigenvalue weighted by atomic mass is 32.2. The van der Waals surface area contributed by atoms with Gasteiger partial charge in [0, 0.05) is 24.7 Å². The maximum atomic E-state index is 11.3. The zero-order valence-corrected chi connectivity index (χ0v) is 11.3. The molecule has 1 aromatic heterocycles. The second-order valence-corrected chi connectivity index (χ2v) is 6.54. The number of sulfone groups is 1. The molecule has 17 heavy (non-hydrogen) atoms. The molecule has 0 atom stereocenters. The van der Waals surface area contributed by atoms with Crippen molar-refractivity contribution in [1.29, 1.82) is 0 Å². The molecule has 0 aliphatic rings. The summed E-state index contributed by atoms with van der Waals surface area (Å²) in [6.45, 7) is 5.19. The Bertz CT molecular complexity index is 444. The quantitative estimate of drug-likeness (QED) is 0.747. The van der Waals surface area contributed by atoms with Gasteiger partial charge in [-0.1, -0.05) is 6.92 Å². The Morgan fingerprint density at radius 2 is 2.18 bits per heavy atom. The molecule has 0 saturated heterocycles. The van der Waals surface area contributed by atoms with Crippen molar-refractivity contribution < 1.29 is 8.42 Å². The molecule has 1 heterocycles. The third kappa shape index (κ3) is 5.28. The molecule has 0 fully saturated rings. The van der Waals surface area contributed by atoms with Crippen molar-refractivity contribution in [1.82, 2.24) is 10.3 Å². The van der Waals surface area contributed by atoms with E-state index in [-0.39, 0.29) is 11.5 Å². The lowest BCUT2D eigenvalue weighted by Gasteiger charge is -2.07. The van der Waals surface area contributed by atoms with E-state index >= 15 is 0 Å². The molecule has 0 aliphatic carbocycles. The maximum absolute atomic E-state index is 11.3. The van der Waals surface area contributed by atoms with Gasteiger partial charge in [-0.15, -0.1) is 0 Å². The van der Waals surface area contributed by atoms with Gasteiger partial charge in [0.2, 0.25) is 0 Å². The van der Waals surface area contributed by atoms with E-state index in [2.05, 4.69) is 10.3 Å². The maximum Gasteiger partial charge on any atom is 0.150 e. The third-order valence-electron chi connectivity index (χ3n) is 2.70. The van der Waals surface area contributed by atoms with Crippen LogP contribution in [-0.4, -0.2) is 31.5 Å². The Balaban J connectivity index is 2.24. The Labute approximate surface area is 103 Å². The molecule has 1 N–H and O–H groups in total. The zero-order valence-electron chi connectivity index (χ0n) is 10.4. The lowest BCUT2D eigenvalue weighted by atomic mass is 10.1. The van der Waals surface area contributed by atoms with Crippen LogP contribution in [0.1, 0.15) is 24.5 Å². The minimum atomic E-state index is -2.82. The molecule has 0 bridgehead atoms. The summed E-state index contributed by atoms with van der Waals surface area (Å²) in [7, 11) is -2.82. The van der Waals surface area contributed by atoms with Gasteiger partial charge in [0.15, 0.2) is 0 Å². The first-order chi connectivity index (χ1) is 8.05. The largest absolute Gasteiger partial charge is 0.313 e. The molecule has 5 heteroatoms. The fraction of sp³-hybridized carbons (Fsp3) is 0.583. The Morgan fingerprint density at radius 1 is 1.41 bits per heavy atom. The van der Waals surface area contributed by atoms with Crippen molar-refractivity contribution in [3.05, 3.63) is 29.6 Å². The van der Waals surface area contributed by atoms with Crippen LogP contribution in [0, 0.1) is 6.92 Å². The monoisotopic (exact) mass is 256 g/mol. The fourth-order valence-electron chi connectivity index (χ4n) is 1.49. The van der Waals surface area contributed by atoms with Crippen molar-refractivity contribution in [2.24, 2.45) is 0 Å². The molecule has 0 saturated carbocycles. The van der Waals surface area contributed by atoms with E-state index in [0.717, 1.165) is 18.7 Å². The van der Waals surface area contributed by atoms with Gasteiger partial charge < -0.3 is 5.32 Å². The van der Waals surface area contributed by atoms with Gasteiger partial charge in [0.25, 0.3) is 0 Å². The number of aryl methyl sites for hydroxylation is 1. The van der Waals surface area contributed by atoms with Crippen LogP contribution in [0.3, 0.4) is 0 Å². The summed E-state index contributed by atoms with van der Waals surface area (Å²) in [4.78, 5) is 4.03. The van der Waals surface area contributed by atoms with Crippen molar-refractivity contribution in [3.63, 3.8) is 0 Å². The molecule has 0 radical (unpaired) electrons. The van der Waals surface area contributed by atoms with Crippen molar-refractivity contribution in [3.8, 4) is 0 Å². The molecule has 0 unspecified atom stereocenters. The van der Waals surface area contributed by atoms with Crippen LogP contribution in [0.2, 0.25) is 0 Å². The topological polar surface area (TPSA) is 59.1 Å². The van der Waals surface area contributed by atoms with E-state index in [0.29, 0.717) is 6.42 Å². The molecule has 0 spiro atoms. The predicted octanol–water partition coefficient (Wildman–Crippen LogP) is 1.30. The highest BCUT2D eigenvalue weighted by molar-refractivity contribution is 7.91. The predicted molar refractivity (Wildman–Crippen MR) is 69.6 cm³/mol. The van der Waals surface area contributed by atoms with Gasteiger partial charge in [0.05, 0.1) is 5.75 Å². The second kappa shape index (κ2) is 6.71. The van der Waals surface area contributed by atoms with E-state index in [1.807, 2.05) is 19.2 Å². The molecular weight excluding hydrogens is 236 g/mol. The fourth-order valence-corrected chi connectivity index (χ4v) is 2.36. The minimum absolute atomic E-state index is 0.233. The summed E-state index contributed by atoms with van der Waals surface area (Å²) in [6, 6.07) is 1.98. The smallest absolute Gasteiger partial charge is 0.150 e. The van der Waals surface area contributed by atoms with Gasteiger partial charge >= 0.3 is 0 Å². The first kappa shape index (κ1) is 14.1. The van der Waals surface area contributed by atoms with E-state index < -0.39 is 9.84 Å². The van der Waals surface area contributed by atoms with E-state index in [1.165, 1.54) is 5.56 Å². The Kier molecular flexibility index (Phi) is 5.58. The normalized spacial score (nSPS) is 11.6. The van der Waals surface area contributed by atoms with Gasteiger partial charge in [-0.05, 0) is 37.1 Å². The molecular formula is C12H20N2O2S. The molecule has 0 amide bonds. The van der Waals surface area contributed by atoms with Gasteiger partial charge in [-0.3, -0.25) is 4.98 Å². The van der Waals surface area contributed by atoms with E-state index in [4.69, 9.17) is 0 Å². The molecule has 96 valence electrons. The SMILES string of the molecule is CCS(=O)(=O)CCCNCc1ccncc1C. The average molecular weight is 256 g/mol. The van der Waals surface area contributed by atoms with Gasteiger partial charge in [0.1, 0.15) is 9.84 Å². The second-order valence-electron chi connectivity index (χ2n) is 4.07. The Hall–Kier alpha value is -0.940. The molecule has 1 rings (SSSR count). The number of hydrogen-bond acceptors (Lipinski definition) is 4. The van der Waals surface area contributed by atoms with Crippen LogP contribution in [0.5, 0.6) is 0 Å². The number of nitrogens with one attached hydrogen (secondary N) is 1. The standard InChI is InChI=1S/C12H20N2O2S/c1-3-17(15,16)8-4-6-13-10-12-5-7-14-9-11(12)2/h5,7,9,13H,3-4,6,8,10H2,1-2H3. The number of hydrogen-bond donors (Lipinski definition) is 1. The Morgan fingerprint density at radius 3 is 2.82 bits per heavy atom. The van der Waals surface area contributed by atoms with Gasteiger partial charge in [-0.2, -0.15) is 0 Å². The summed E-state index contributed by atoms with van der Waals surface area (Å²) in [5, 5.41) is 3.25. The van der Waals surface area contributed by atoms with Crippen LogP contribution >= 0.6 is 0 Å². The minimum Gasteiger partial charge on any atom is -0.313 e. The summed E-state index contributed by atoms with van der Waals surface area (Å²) in [5.74, 6) is 0.502. The molecule has 0 aromatic carbocycles. The third-order valence-corrected chi connectivity index (χ3v) is 4.49. The van der Waals surface area contributed by atoms with Crippen LogP contribution in [0.15, 0.2) is 18.5 Å². The van der Waals surface area contributed by atoms with Crippen molar-refractivity contribution in [2.45, 2.75) is 26.8 Å². The van der Waals surface area contributed by atoms with E-state index in [1.54, 1.807) is 13.1 Å². The summed E-state index contributed by atoms with van der Waals surface area (Å²) >= 11 is 0. The van der Waals surface area contributed by atoms with Crippen LogP contribution in [0.25, 0.3) is 0 Å². The van der Waals surface area contributed by atoms with Crippen LogP contribution in [0.4, 0.5) is 0 Å². The van der Waals surface area contributed by atoms with Crippen LogP contribution < -0.4 is 5.32 Å². The summed E-state index contributed by atoms with van der Waals surface area (Å²) < 4.78 is 22.5. The van der Waals surface area contributed by atoms with Crippen molar-refractivity contribution in [2.75, 3.05) is 18.1 Å². The molecule has 0 aliphatic heterocycles. The molecule has 1 aromatic rings. The highest BCUT2D eigenvalue weighted by Gasteiger charge is 2.05. The number of pyridine rings is 1. The summed E-state index contributed by atoms with van der Waals surface area (Å²) in [6.07, 6.45) is 4.27. The zero-order chi connectivity index (χ0) is 12.7. The summed E-state index contributed by atoms with van der Waals surface area (Å²) in [5.41, 5.74) is 2.36. The first-order valence-electron chi connectivity index (χ1n) is 5.86. The van der Waals surface area contributed by atoms with Crippen molar-refractivity contribution >= 4 is 9.84 Å². The number of nitrogens with zero attached hydrogens (tertiary/aromatic N) is 1. The lowest BCUT2D eigenvalue weighted by Crippen LogP contribution is -2.19. The molecule has 4 nitrogen and oxygen atoms in total. The van der Waals surface area contributed by atoms with Crippen LogP contribution in [-0.2, 0) is 16.4 Å². The van der Waals surface area contributed by atoms with Gasteiger partial charge in [-0.25, -0.2) is 8.42 Å². The first-order valence-corrected chi connectivity index (χ1v) is 7.68. The number of rotatable bonds is 7. The van der Waals surface area contributed by atoms with E-state index in [9.17, 15) is 8.42 Å². The lowest BCUT2D eigenvalue weighted by molar-refractivity contribution is 0.589. The number of aromatic nitrogens is 1.